The number of hydrogen-bond acceptors (Lipinski definition) is 10. The number of carbonyl (C=O) groups is 2. The number of rotatable bonds is 8. The molecule has 0 heterocycles. The number of nitrogens with zero attached hydrogens (tertiary/aromatic N) is 4. The Balaban J connectivity index is 1.52. The summed E-state index contributed by atoms with van der Waals surface area (Å²) in [6, 6.07) is 39.5. The van der Waals surface area contributed by atoms with Gasteiger partial charge in [-0.15, -0.1) is 0 Å². The molecular weight excluding hydrogens is 753 g/mol. The van der Waals surface area contributed by atoms with Crippen LogP contribution < -0.4 is 9.47 Å². The molecule has 60 heavy (non-hydrogen) atoms. The molecule has 10 nitrogen and oxygen atoms in total. The van der Waals surface area contributed by atoms with Crippen molar-refractivity contribution in [1.29, 1.82) is 21.0 Å². The summed E-state index contributed by atoms with van der Waals surface area (Å²) in [6.45, 7) is 0. The van der Waals surface area contributed by atoms with Gasteiger partial charge in [0.1, 0.15) is 23.0 Å². The van der Waals surface area contributed by atoms with Gasteiger partial charge in [-0.2, -0.15) is 21.0 Å². The van der Waals surface area contributed by atoms with Crippen LogP contribution in [0.5, 0.6) is 23.0 Å². The molecular formula is C50H36N4O6. The van der Waals surface area contributed by atoms with Gasteiger partial charge in [0.2, 0.25) is 0 Å². The van der Waals surface area contributed by atoms with E-state index in [2.05, 4.69) is 24.3 Å². The number of hydrogen-bond donors (Lipinski definition) is 2. The third-order valence-electron chi connectivity index (χ3n) is 10.3. The van der Waals surface area contributed by atoms with Gasteiger partial charge in [0.25, 0.3) is 0 Å². The molecule has 0 fully saturated rings. The maximum atomic E-state index is 13.8. The Morgan fingerprint density at radius 3 is 0.933 bits per heavy atom. The lowest BCUT2D eigenvalue weighted by Gasteiger charge is -2.22. The lowest BCUT2D eigenvalue weighted by Crippen LogP contribution is -2.14. The van der Waals surface area contributed by atoms with Gasteiger partial charge in [-0.25, -0.2) is 9.59 Å². The largest absolute Gasteiger partial charge is 0.507 e. The van der Waals surface area contributed by atoms with Crippen LogP contribution in [0.2, 0.25) is 0 Å². The second kappa shape index (κ2) is 18.0. The van der Waals surface area contributed by atoms with Gasteiger partial charge in [0.15, 0.2) is 0 Å². The van der Waals surface area contributed by atoms with Gasteiger partial charge in [-0.3, -0.25) is 0 Å². The monoisotopic (exact) mass is 788 g/mol. The average Bonchev–Trinajstić information content (AvgIpc) is 3.24. The lowest BCUT2D eigenvalue weighted by atomic mass is 9.87. The third kappa shape index (κ3) is 8.85. The van der Waals surface area contributed by atoms with Crippen LogP contribution in [0.15, 0.2) is 109 Å². The van der Waals surface area contributed by atoms with Gasteiger partial charge in [-0.05, 0) is 68.8 Å². The minimum Gasteiger partial charge on any atom is -0.507 e. The van der Waals surface area contributed by atoms with Crippen LogP contribution in [0.3, 0.4) is 0 Å². The first-order valence-corrected chi connectivity index (χ1v) is 19.2. The highest BCUT2D eigenvalue weighted by atomic mass is 16.5. The molecule has 0 spiro atoms. The quantitative estimate of drug-likeness (QED) is 0.112. The molecule has 0 unspecified atom stereocenters. The molecule has 292 valence electrons. The molecule has 0 aliphatic heterocycles. The van der Waals surface area contributed by atoms with Gasteiger partial charge in [0.05, 0.1) is 61.1 Å². The summed E-state index contributed by atoms with van der Waals surface area (Å²) in [5.41, 5.74) is 6.46. The first-order valence-electron chi connectivity index (χ1n) is 19.2. The summed E-state index contributed by atoms with van der Waals surface area (Å²) in [7, 11) is 0. The number of ether oxygens (including phenoxy) is 2. The fourth-order valence-electron chi connectivity index (χ4n) is 7.69. The summed E-state index contributed by atoms with van der Waals surface area (Å²) < 4.78 is 12.4. The molecule has 0 saturated carbocycles. The highest BCUT2D eigenvalue weighted by molar-refractivity contribution is 5.92. The van der Waals surface area contributed by atoms with E-state index in [1.807, 2.05) is 0 Å². The number of aromatic hydroxyl groups is 2. The molecule has 7 rings (SSSR count). The summed E-state index contributed by atoms with van der Waals surface area (Å²) >= 11 is 0. The molecule has 1 aliphatic carbocycles. The van der Waals surface area contributed by atoms with E-state index in [0.29, 0.717) is 77.9 Å². The van der Waals surface area contributed by atoms with Crippen LogP contribution in [0, 0.1) is 45.3 Å². The van der Waals surface area contributed by atoms with E-state index in [-0.39, 0.29) is 74.4 Å². The number of phenolic OH excluding ortho intramolecular Hbond substituents is 2. The third-order valence-corrected chi connectivity index (χ3v) is 10.3. The van der Waals surface area contributed by atoms with E-state index in [1.165, 1.54) is 0 Å². The predicted molar refractivity (Wildman–Crippen MR) is 220 cm³/mol. The number of esters is 2. The SMILES string of the molecule is N#CCc1cc2c(O)c(c1)Cc1cc(CC#N)cc(c1OC(=O)c1ccccc1)Cc1cc(CC#N)cc(c1O)Cc1cc(CC#N)cc(c1OC(=O)c1ccccc1)C2. The highest BCUT2D eigenvalue weighted by Crippen LogP contribution is 2.40. The Kier molecular flexibility index (Phi) is 12.0. The van der Waals surface area contributed by atoms with Crippen molar-refractivity contribution in [2.45, 2.75) is 51.4 Å². The van der Waals surface area contributed by atoms with Crippen LogP contribution >= 0.6 is 0 Å². The topological polar surface area (TPSA) is 188 Å². The van der Waals surface area contributed by atoms with E-state index in [0.717, 1.165) is 0 Å². The van der Waals surface area contributed by atoms with Crippen molar-refractivity contribution in [2.24, 2.45) is 0 Å². The van der Waals surface area contributed by atoms with Gasteiger partial charge >= 0.3 is 11.9 Å². The Bertz CT molecular complexity index is 2530. The molecule has 0 radical (unpaired) electrons. The lowest BCUT2D eigenvalue weighted by molar-refractivity contribution is 0.0722. The van der Waals surface area contributed by atoms with E-state index >= 15 is 0 Å². The number of nitriles is 4. The molecule has 1 aliphatic rings. The van der Waals surface area contributed by atoms with Crippen molar-refractivity contribution < 1.29 is 29.3 Å². The van der Waals surface area contributed by atoms with E-state index in [1.54, 1.807) is 109 Å². The summed E-state index contributed by atoms with van der Waals surface area (Å²) in [4.78, 5) is 27.5. The number of fused-ring (bicyclic) bond motifs is 8. The smallest absolute Gasteiger partial charge is 0.343 e. The minimum absolute atomic E-state index is 0.00303. The first kappa shape index (κ1) is 40.0. The van der Waals surface area contributed by atoms with Crippen molar-refractivity contribution in [3.05, 3.63) is 187 Å². The van der Waals surface area contributed by atoms with Crippen LogP contribution in [0.25, 0.3) is 0 Å². The number of phenols is 2. The standard InChI is InChI=1S/C50H36N4O6/c51-15-11-31-19-37-27-41-23-33(13-17-53)24-42(47(41)59-49(57)35-7-3-1-4-8-35)28-38-20-32(12-16-52)22-40(46(38)56)30-44-26-34(14-18-54)25-43(29-39(21-31)45(37)55)48(44)60-50(58)36-9-5-2-6-10-36/h1-10,19-26,55-56H,11-14,27-30H2. The molecule has 8 bridgehead atoms. The number of benzene rings is 6. The molecule has 2 N–H and O–H groups in total. The maximum Gasteiger partial charge on any atom is 0.343 e. The fourth-order valence-corrected chi connectivity index (χ4v) is 7.69. The first-order chi connectivity index (χ1) is 29.2. The van der Waals surface area contributed by atoms with E-state index in [4.69, 9.17) is 9.47 Å². The van der Waals surface area contributed by atoms with Crippen LogP contribution in [-0.4, -0.2) is 22.2 Å². The zero-order chi connectivity index (χ0) is 42.2. The van der Waals surface area contributed by atoms with Gasteiger partial charge < -0.3 is 19.7 Å². The molecule has 0 aromatic heterocycles. The highest BCUT2D eigenvalue weighted by Gasteiger charge is 2.25. The fraction of sp³-hybridized carbons (Fsp3) is 0.160. The summed E-state index contributed by atoms with van der Waals surface area (Å²) in [5, 5.41) is 63.5. The Labute approximate surface area is 347 Å². The van der Waals surface area contributed by atoms with Crippen molar-refractivity contribution >= 4 is 11.9 Å². The Morgan fingerprint density at radius 1 is 0.433 bits per heavy atom. The van der Waals surface area contributed by atoms with Crippen molar-refractivity contribution in [3.63, 3.8) is 0 Å². The summed E-state index contributed by atoms with van der Waals surface area (Å²) in [6.07, 6.45) is 0.0376. The van der Waals surface area contributed by atoms with Gasteiger partial charge in [0, 0.05) is 47.9 Å². The number of carbonyl (C=O) groups excluding carboxylic acids is 2. The van der Waals surface area contributed by atoms with E-state index in [9.17, 15) is 40.8 Å². The minimum atomic E-state index is -0.643. The second-order valence-corrected chi connectivity index (χ2v) is 14.6. The maximum absolute atomic E-state index is 13.8. The predicted octanol–water partition coefficient (Wildman–Crippen LogP) is 8.48. The zero-order valence-electron chi connectivity index (χ0n) is 32.4. The average molecular weight is 789 g/mol. The van der Waals surface area contributed by atoms with Crippen LogP contribution in [0.1, 0.15) is 87.5 Å². The molecule has 6 aromatic carbocycles. The molecule has 0 atom stereocenters. The molecule has 0 saturated heterocycles. The van der Waals surface area contributed by atoms with Crippen molar-refractivity contribution in [2.75, 3.05) is 0 Å². The Hall–Kier alpha value is -8.18. The molecule has 6 aromatic rings. The Morgan fingerprint density at radius 2 is 0.683 bits per heavy atom. The molecule has 0 amide bonds. The van der Waals surface area contributed by atoms with Crippen molar-refractivity contribution in [3.8, 4) is 47.3 Å². The van der Waals surface area contributed by atoms with Crippen LogP contribution in [-0.2, 0) is 51.4 Å². The van der Waals surface area contributed by atoms with Crippen LogP contribution in [0.4, 0.5) is 0 Å². The normalized spacial score (nSPS) is 11.5. The second-order valence-electron chi connectivity index (χ2n) is 14.6. The van der Waals surface area contributed by atoms with Gasteiger partial charge in [-0.1, -0.05) is 84.9 Å². The summed E-state index contributed by atoms with van der Waals surface area (Å²) in [5.74, 6) is -1.14. The molecule has 10 heteroatoms. The van der Waals surface area contributed by atoms with Crippen molar-refractivity contribution in [1.82, 2.24) is 0 Å². The zero-order valence-corrected chi connectivity index (χ0v) is 32.4. The van der Waals surface area contributed by atoms with E-state index < -0.39 is 11.9 Å².